The topological polar surface area (TPSA) is 94.6 Å². The molecule has 1 aromatic carbocycles. The molecule has 1 fully saturated rings. The lowest BCUT2D eigenvalue weighted by Gasteiger charge is -2.40. The molecule has 36 heavy (non-hydrogen) atoms. The molecular formula is C29H38N4O3. The number of benzene rings is 1. The van der Waals surface area contributed by atoms with Crippen molar-refractivity contribution in [1.29, 1.82) is 0 Å². The first kappa shape index (κ1) is 24.6. The van der Waals surface area contributed by atoms with E-state index in [2.05, 4.69) is 41.0 Å². The van der Waals surface area contributed by atoms with Gasteiger partial charge in [-0.05, 0) is 86.0 Å². The Bertz CT molecular complexity index is 1080. The number of carbonyl (C=O) groups excluding carboxylic acids is 1. The zero-order valence-corrected chi connectivity index (χ0v) is 21.0. The first-order valence-electron chi connectivity index (χ1n) is 13.6. The molecule has 1 amide bonds. The van der Waals surface area contributed by atoms with Crippen LogP contribution in [-0.4, -0.2) is 53.0 Å². The number of amides is 1. The Labute approximate surface area is 213 Å². The number of fused-ring (bicyclic) bond motifs is 2. The third-order valence-corrected chi connectivity index (χ3v) is 8.34. The van der Waals surface area contributed by atoms with E-state index in [9.17, 15) is 14.7 Å². The molecule has 0 bridgehead atoms. The summed E-state index contributed by atoms with van der Waals surface area (Å²) in [5, 5.41) is 16.5. The van der Waals surface area contributed by atoms with E-state index in [-0.39, 0.29) is 18.2 Å². The highest BCUT2D eigenvalue weighted by Gasteiger charge is 2.36. The van der Waals surface area contributed by atoms with Gasteiger partial charge in [0.25, 0.3) is 0 Å². The Kier molecular flexibility index (Phi) is 7.73. The second-order valence-corrected chi connectivity index (χ2v) is 10.7. The first-order valence-corrected chi connectivity index (χ1v) is 13.6. The predicted molar refractivity (Wildman–Crippen MR) is 141 cm³/mol. The number of carboxylic acids is 1. The van der Waals surface area contributed by atoms with E-state index in [1.807, 2.05) is 11.0 Å². The first-order chi connectivity index (χ1) is 17.6. The Balaban J connectivity index is 1.11. The van der Waals surface area contributed by atoms with Crippen LogP contribution in [0.4, 0.5) is 11.5 Å². The van der Waals surface area contributed by atoms with Gasteiger partial charge in [-0.2, -0.15) is 0 Å². The van der Waals surface area contributed by atoms with E-state index in [1.165, 1.54) is 16.8 Å². The van der Waals surface area contributed by atoms with Crippen molar-refractivity contribution >= 4 is 23.4 Å². The third kappa shape index (κ3) is 5.82. The monoisotopic (exact) mass is 490 g/mol. The van der Waals surface area contributed by atoms with Crippen LogP contribution in [0.5, 0.6) is 0 Å². The highest BCUT2D eigenvalue weighted by atomic mass is 16.4. The molecule has 2 atom stereocenters. The number of carbonyl (C=O) groups is 2. The Morgan fingerprint density at radius 1 is 1.06 bits per heavy atom. The van der Waals surface area contributed by atoms with Crippen molar-refractivity contribution in [2.45, 2.75) is 57.8 Å². The largest absolute Gasteiger partial charge is 0.481 e. The summed E-state index contributed by atoms with van der Waals surface area (Å²) in [7, 11) is 0. The van der Waals surface area contributed by atoms with Crippen LogP contribution in [0.2, 0.25) is 0 Å². The molecule has 4 heterocycles. The van der Waals surface area contributed by atoms with Crippen LogP contribution < -0.4 is 10.6 Å². The minimum Gasteiger partial charge on any atom is -0.481 e. The molecule has 0 spiro atoms. The molecule has 7 nitrogen and oxygen atoms in total. The van der Waals surface area contributed by atoms with E-state index >= 15 is 0 Å². The average Bonchev–Trinajstić information content (AvgIpc) is 2.91. The van der Waals surface area contributed by atoms with Crippen LogP contribution >= 0.6 is 0 Å². The fraction of sp³-hybridized carbons (Fsp3) is 0.552. The minimum absolute atomic E-state index is 0.129. The Morgan fingerprint density at radius 3 is 2.72 bits per heavy atom. The number of hydrogen-bond donors (Lipinski definition) is 3. The Hall–Kier alpha value is -3.09. The fourth-order valence-corrected chi connectivity index (χ4v) is 6.35. The van der Waals surface area contributed by atoms with Gasteiger partial charge in [-0.1, -0.05) is 24.3 Å². The van der Waals surface area contributed by atoms with Crippen molar-refractivity contribution in [3.63, 3.8) is 0 Å². The van der Waals surface area contributed by atoms with Gasteiger partial charge in [0, 0.05) is 50.4 Å². The molecule has 0 unspecified atom stereocenters. The van der Waals surface area contributed by atoms with Crippen molar-refractivity contribution in [1.82, 2.24) is 9.88 Å². The molecule has 3 N–H and O–H groups in total. The van der Waals surface area contributed by atoms with Gasteiger partial charge in [-0.3, -0.25) is 9.59 Å². The highest BCUT2D eigenvalue weighted by Crippen LogP contribution is 2.38. The van der Waals surface area contributed by atoms with Crippen molar-refractivity contribution in [2.24, 2.45) is 17.8 Å². The molecule has 1 aromatic heterocycles. The van der Waals surface area contributed by atoms with E-state index in [4.69, 9.17) is 4.98 Å². The summed E-state index contributed by atoms with van der Waals surface area (Å²) in [6, 6.07) is 12.6. The van der Waals surface area contributed by atoms with Crippen LogP contribution in [0.1, 0.15) is 55.3 Å². The molecule has 3 aliphatic heterocycles. The summed E-state index contributed by atoms with van der Waals surface area (Å²) in [6.07, 6.45) is 7.30. The van der Waals surface area contributed by atoms with Gasteiger partial charge in [-0.15, -0.1) is 0 Å². The fourth-order valence-electron chi connectivity index (χ4n) is 6.35. The lowest BCUT2D eigenvalue weighted by atomic mass is 9.72. The van der Waals surface area contributed by atoms with Crippen molar-refractivity contribution in [3.05, 3.63) is 53.2 Å². The van der Waals surface area contributed by atoms with Gasteiger partial charge in [0.05, 0.1) is 0 Å². The predicted octanol–water partition coefficient (Wildman–Crippen LogP) is 4.38. The SMILES string of the molecule is O=C(O)C[C@@H](C1CCN(C(=O)CCCc2ccc3c(n2)NCCC3)CC1)[C@H]1CNc2ccccc2C1. The average molecular weight is 491 g/mol. The molecule has 192 valence electrons. The second kappa shape index (κ2) is 11.3. The van der Waals surface area contributed by atoms with Gasteiger partial charge in [-0.25, -0.2) is 4.98 Å². The molecule has 2 aromatic rings. The number of likely N-dealkylation sites (tertiary alicyclic amines) is 1. The summed E-state index contributed by atoms with van der Waals surface area (Å²) in [5.41, 5.74) is 4.79. The quantitative estimate of drug-likeness (QED) is 0.509. The summed E-state index contributed by atoms with van der Waals surface area (Å²) < 4.78 is 0. The van der Waals surface area contributed by atoms with Gasteiger partial charge in [0.1, 0.15) is 5.82 Å². The van der Waals surface area contributed by atoms with E-state index in [0.29, 0.717) is 18.3 Å². The maximum Gasteiger partial charge on any atom is 0.303 e. The summed E-state index contributed by atoms with van der Waals surface area (Å²) in [4.78, 5) is 31.4. The number of pyridine rings is 1. The summed E-state index contributed by atoms with van der Waals surface area (Å²) in [5.74, 6) is 1.29. The number of aromatic nitrogens is 1. The van der Waals surface area contributed by atoms with Gasteiger partial charge < -0.3 is 20.6 Å². The summed E-state index contributed by atoms with van der Waals surface area (Å²) >= 11 is 0. The molecule has 3 aliphatic rings. The van der Waals surface area contributed by atoms with Crippen LogP contribution in [0.25, 0.3) is 0 Å². The number of aryl methyl sites for hydroxylation is 2. The van der Waals surface area contributed by atoms with Gasteiger partial charge in [0.2, 0.25) is 5.91 Å². The van der Waals surface area contributed by atoms with Gasteiger partial charge in [0.15, 0.2) is 0 Å². The molecule has 0 radical (unpaired) electrons. The number of piperidine rings is 1. The molecule has 1 saturated heterocycles. The lowest BCUT2D eigenvalue weighted by Crippen LogP contribution is -2.43. The van der Waals surface area contributed by atoms with Crippen LogP contribution in [0.3, 0.4) is 0 Å². The molecular weight excluding hydrogens is 452 g/mol. The van der Waals surface area contributed by atoms with Crippen molar-refractivity contribution in [3.8, 4) is 0 Å². The maximum absolute atomic E-state index is 12.9. The maximum atomic E-state index is 12.9. The summed E-state index contributed by atoms with van der Waals surface area (Å²) in [6.45, 7) is 3.27. The molecule has 7 heteroatoms. The minimum atomic E-state index is -0.719. The van der Waals surface area contributed by atoms with E-state index in [1.54, 1.807) is 0 Å². The number of rotatable bonds is 8. The van der Waals surface area contributed by atoms with E-state index < -0.39 is 5.97 Å². The number of anilines is 2. The molecule has 0 aliphatic carbocycles. The number of nitrogens with zero attached hydrogens (tertiary/aromatic N) is 2. The van der Waals surface area contributed by atoms with Crippen LogP contribution in [-0.2, 0) is 28.9 Å². The third-order valence-electron chi connectivity index (χ3n) is 8.34. The van der Waals surface area contributed by atoms with Crippen LogP contribution in [0.15, 0.2) is 36.4 Å². The van der Waals surface area contributed by atoms with Crippen LogP contribution in [0, 0.1) is 17.8 Å². The lowest BCUT2D eigenvalue weighted by molar-refractivity contribution is -0.140. The number of aliphatic carboxylic acids is 1. The standard InChI is InChI=1S/C29H38N4O3/c34-27(9-3-7-24-11-10-21-6-4-14-30-29(21)32-24)33-15-12-20(13-16-33)25(18-28(35)36)23-17-22-5-1-2-8-26(22)31-19-23/h1-2,5,8,10-11,20,23,25,31H,3-4,6-7,9,12-19H2,(H,30,32)(H,35,36)/t23-,25+/m1/s1. The Morgan fingerprint density at radius 2 is 1.89 bits per heavy atom. The number of para-hydroxylation sites is 1. The highest BCUT2D eigenvalue weighted by molar-refractivity contribution is 5.76. The second-order valence-electron chi connectivity index (χ2n) is 10.7. The van der Waals surface area contributed by atoms with Crippen molar-refractivity contribution < 1.29 is 14.7 Å². The normalized spacial score (nSPS) is 20.4. The number of nitrogens with one attached hydrogen (secondary N) is 2. The van der Waals surface area contributed by atoms with E-state index in [0.717, 1.165) is 82.6 Å². The zero-order chi connectivity index (χ0) is 24.9. The molecule has 5 rings (SSSR count). The molecule has 0 saturated carbocycles. The number of carboxylic acid groups (broad SMARTS) is 1. The smallest absolute Gasteiger partial charge is 0.303 e. The number of hydrogen-bond acceptors (Lipinski definition) is 5. The van der Waals surface area contributed by atoms with Gasteiger partial charge >= 0.3 is 5.97 Å². The zero-order valence-electron chi connectivity index (χ0n) is 21.0. The van der Waals surface area contributed by atoms with Crippen molar-refractivity contribution in [2.75, 3.05) is 36.8 Å².